The number of benzene rings is 1. The zero-order chi connectivity index (χ0) is 21.7. The van der Waals surface area contributed by atoms with Crippen LogP contribution in [0.5, 0.6) is 0 Å². The molecule has 1 aromatic carbocycles. The van der Waals surface area contributed by atoms with Crippen LogP contribution in [0, 0.1) is 10.1 Å². The number of likely N-dealkylation sites (N-methyl/N-ethyl adjacent to an activating group) is 1. The highest BCUT2D eigenvalue weighted by Gasteiger charge is 2.24. The Hall–Kier alpha value is -4.02. The smallest absolute Gasteiger partial charge is 0.339 e. The molecule has 0 saturated carbocycles. The largest absolute Gasteiger partial charge is 0.465 e. The number of carbonyl (C=O) groups excluding carboxylic acids is 3. The van der Waals surface area contributed by atoms with E-state index < -0.39 is 40.6 Å². The molecule has 0 spiro atoms. The molecule has 2 aromatic rings. The molecule has 1 amide bonds. The van der Waals surface area contributed by atoms with E-state index in [2.05, 4.69) is 9.47 Å². The lowest BCUT2D eigenvalue weighted by atomic mass is 10.1. The van der Waals surface area contributed by atoms with Gasteiger partial charge >= 0.3 is 23.2 Å². The summed E-state index contributed by atoms with van der Waals surface area (Å²) in [6.07, 6.45) is 0.999. The van der Waals surface area contributed by atoms with Crippen molar-refractivity contribution in [3.05, 3.63) is 68.1 Å². The Balaban J connectivity index is 2.44. The lowest BCUT2D eigenvalue weighted by Crippen LogP contribution is -2.35. The third-order valence-electron chi connectivity index (χ3n) is 4.04. The molecule has 1 aromatic heterocycles. The number of nitrogens with zero attached hydrogens (tertiary/aromatic N) is 3. The molecule has 1 heterocycles. The second-order valence-corrected chi connectivity index (χ2v) is 5.76. The van der Waals surface area contributed by atoms with E-state index in [0.29, 0.717) is 0 Å². The minimum atomic E-state index is -1.06. The van der Waals surface area contributed by atoms with Gasteiger partial charge in [-0.3, -0.25) is 24.3 Å². The van der Waals surface area contributed by atoms with Gasteiger partial charge in [0.25, 0.3) is 0 Å². The van der Waals surface area contributed by atoms with E-state index in [9.17, 15) is 29.3 Å². The van der Waals surface area contributed by atoms with E-state index in [1.54, 1.807) is 12.1 Å². The van der Waals surface area contributed by atoms with Crippen molar-refractivity contribution in [1.29, 1.82) is 0 Å². The van der Waals surface area contributed by atoms with Crippen molar-refractivity contribution in [2.24, 2.45) is 0 Å². The van der Waals surface area contributed by atoms with Crippen molar-refractivity contribution >= 4 is 29.2 Å². The number of pyridine rings is 1. The predicted molar refractivity (Wildman–Crippen MR) is 99.9 cm³/mol. The Bertz CT molecular complexity index is 1040. The van der Waals surface area contributed by atoms with Gasteiger partial charge in [-0.15, -0.1) is 0 Å². The van der Waals surface area contributed by atoms with Crippen LogP contribution >= 0.6 is 0 Å². The molecule has 0 aliphatic carbocycles. The van der Waals surface area contributed by atoms with E-state index in [1.165, 1.54) is 26.3 Å². The van der Waals surface area contributed by atoms with Gasteiger partial charge in [0.05, 0.1) is 36.0 Å². The highest BCUT2D eigenvalue weighted by atomic mass is 16.6. The van der Waals surface area contributed by atoms with Gasteiger partial charge in [-0.25, -0.2) is 9.59 Å². The number of esters is 2. The summed E-state index contributed by atoms with van der Waals surface area (Å²) >= 11 is 0. The fourth-order valence-corrected chi connectivity index (χ4v) is 2.53. The molecule has 0 saturated heterocycles. The third kappa shape index (κ3) is 4.46. The van der Waals surface area contributed by atoms with Gasteiger partial charge in [-0.1, -0.05) is 12.1 Å². The molecule has 11 nitrogen and oxygen atoms in total. The van der Waals surface area contributed by atoms with Gasteiger partial charge in [0.2, 0.25) is 5.91 Å². The van der Waals surface area contributed by atoms with Gasteiger partial charge in [0.1, 0.15) is 6.54 Å². The summed E-state index contributed by atoms with van der Waals surface area (Å²) in [7, 11) is 3.64. The highest BCUT2D eigenvalue weighted by molar-refractivity contribution is 6.02. The lowest BCUT2D eigenvalue weighted by molar-refractivity contribution is -0.386. The van der Waals surface area contributed by atoms with Crippen molar-refractivity contribution in [2.45, 2.75) is 6.54 Å². The zero-order valence-corrected chi connectivity index (χ0v) is 15.8. The number of rotatable bonds is 6. The van der Waals surface area contributed by atoms with Crippen LogP contribution in [0.15, 0.2) is 41.3 Å². The molecule has 0 unspecified atom stereocenters. The van der Waals surface area contributed by atoms with Crippen LogP contribution in [0.2, 0.25) is 0 Å². The second kappa shape index (κ2) is 8.78. The zero-order valence-electron chi connectivity index (χ0n) is 15.8. The molecular formula is C18H17N3O8. The summed E-state index contributed by atoms with van der Waals surface area (Å²) in [5.74, 6) is -2.24. The number of methoxy groups -OCH3 is 2. The number of hydrogen-bond donors (Lipinski definition) is 0. The maximum Gasteiger partial charge on any atom is 0.339 e. The molecule has 2 rings (SSSR count). The Morgan fingerprint density at radius 3 is 2.34 bits per heavy atom. The number of hydrogen-bond acceptors (Lipinski definition) is 8. The molecule has 0 fully saturated rings. The van der Waals surface area contributed by atoms with Crippen LogP contribution in [0.3, 0.4) is 0 Å². The summed E-state index contributed by atoms with van der Waals surface area (Å²) in [5, 5.41) is 11.1. The Morgan fingerprint density at radius 2 is 1.76 bits per heavy atom. The second-order valence-electron chi connectivity index (χ2n) is 5.76. The number of anilines is 1. The summed E-state index contributed by atoms with van der Waals surface area (Å²) in [6, 6.07) is 6.92. The van der Waals surface area contributed by atoms with Crippen LogP contribution in [-0.2, 0) is 20.8 Å². The average molecular weight is 403 g/mol. The van der Waals surface area contributed by atoms with Crippen LogP contribution in [0.1, 0.15) is 20.7 Å². The normalized spacial score (nSPS) is 10.2. The Kier molecular flexibility index (Phi) is 6.44. The molecule has 11 heteroatoms. The minimum Gasteiger partial charge on any atom is -0.465 e. The first-order valence-electron chi connectivity index (χ1n) is 8.12. The number of para-hydroxylation sites is 1. The van der Waals surface area contributed by atoms with Crippen molar-refractivity contribution in [1.82, 2.24) is 4.57 Å². The van der Waals surface area contributed by atoms with E-state index in [-0.39, 0.29) is 16.8 Å². The van der Waals surface area contributed by atoms with Crippen LogP contribution in [0.4, 0.5) is 11.4 Å². The SMILES string of the molecule is COC(=O)c1cc([N+](=O)[O-])c(=O)n(CC(=O)N(C)c2ccccc2C(=O)OC)c1. The van der Waals surface area contributed by atoms with Gasteiger partial charge in [-0.05, 0) is 12.1 Å². The van der Waals surface area contributed by atoms with Crippen molar-refractivity contribution in [3.8, 4) is 0 Å². The number of amides is 1. The van der Waals surface area contributed by atoms with Crippen LogP contribution in [0.25, 0.3) is 0 Å². The van der Waals surface area contributed by atoms with E-state index in [0.717, 1.165) is 28.8 Å². The van der Waals surface area contributed by atoms with E-state index >= 15 is 0 Å². The molecule has 0 aliphatic rings. The highest BCUT2D eigenvalue weighted by Crippen LogP contribution is 2.20. The average Bonchev–Trinajstić information content (AvgIpc) is 2.72. The first-order valence-corrected chi connectivity index (χ1v) is 8.12. The third-order valence-corrected chi connectivity index (χ3v) is 4.04. The van der Waals surface area contributed by atoms with E-state index in [4.69, 9.17) is 0 Å². The quantitative estimate of drug-likeness (QED) is 0.395. The lowest BCUT2D eigenvalue weighted by Gasteiger charge is -2.20. The van der Waals surface area contributed by atoms with Crippen molar-refractivity contribution < 1.29 is 28.8 Å². The molecule has 29 heavy (non-hydrogen) atoms. The number of carbonyl (C=O) groups is 3. The van der Waals surface area contributed by atoms with Crippen molar-refractivity contribution in [3.63, 3.8) is 0 Å². The Labute approximate surface area is 164 Å². The van der Waals surface area contributed by atoms with Gasteiger partial charge in [0, 0.05) is 19.3 Å². The fourth-order valence-electron chi connectivity index (χ4n) is 2.53. The monoisotopic (exact) mass is 403 g/mol. The van der Waals surface area contributed by atoms with Gasteiger partial charge in [0.15, 0.2) is 0 Å². The summed E-state index contributed by atoms with van der Waals surface area (Å²) in [6.45, 7) is -0.615. The summed E-state index contributed by atoms with van der Waals surface area (Å²) in [5.41, 5.74) is -1.86. The molecule has 0 N–H and O–H groups in total. The molecular weight excluding hydrogens is 386 g/mol. The first-order chi connectivity index (χ1) is 13.7. The van der Waals surface area contributed by atoms with Crippen LogP contribution < -0.4 is 10.5 Å². The number of ether oxygens (including phenoxy) is 2. The molecule has 0 radical (unpaired) electrons. The first kappa shape index (κ1) is 21.3. The maximum atomic E-state index is 12.7. The predicted octanol–water partition coefficient (Wildman–Crippen LogP) is 0.993. The molecule has 152 valence electrons. The van der Waals surface area contributed by atoms with Crippen LogP contribution in [-0.4, -0.2) is 48.6 Å². The number of nitro groups is 1. The Morgan fingerprint density at radius 1 is 1.14 bits per heavy atom. The molecule has 0 atom stereocenters. The van der Waals surface area contributed by atoms with Gasteiger partial charge < -0.3 is 14.4 Å². The topological polar surface area (TPSA) is 138 Å². The van der Waals surface area contributed by atoms with Gasteiger partial charge in [-0.2, -0.15) is 0 Å². The minimum absolute atomic E-state index is 0.118. The molecule has 0 aliphatic heterocycles. The fraction of sp³-hybridized carbons (Fsp3) is 0.222. The van der Waals surface area contributed by atoms with E-state index in [1.807, 2.05) is 0 Å². The summed E-state index contributed by atoms with van der Waals surface area (Å²) in [4.78, 5) is 59.9. The maximum absolute atomic E-state index is 12.7. The summed E-state index contributed by atoms with van der Waals surface area (Å²) < 4.78 is 9.94. The van der Waals surface area contributed by atoms with Crippen molar-refractivity contribution in [2.75, 3.05) is 26.2 Å². The molecule has 0 bridgehead atoms. The number of aromatic nitrogens is 1. The standard InChI is InChI=1S/C18H17N3O8/c1-19(13-7-5-4-6-12(13)18(25)29-3)15(22)10-20-9-11(17(24)28-2)8-14(16(20)23)21(26)27/h4-9H,10H2,1-3H3.